The second kappa shape index (κ2) is 5.08. The van der Waals surface area contributed by atoms with Crippen molar-refractivity contribution in [2.45, 2.75) is 72.1 Å². The predicted molar refractivity (Wildman–Crippen MR) is 92.2 cm³/mol. The van der Waals surface area contributed by atoms with Crippen molar-refractivity contribution in [3.05, 3.63) is 0 Å². The Morgan fingerprint density at radius 2 is 1.83 bits per heavy atom. The van der Waals surface area contributed by atoms with Crippen molar-refractivity contribution in [2.75, 3.05) is 7.11 Å². The van der Waals surface area contributed by atoms with Gasteiger partial charge in [-0.15, -0.1) is 0 Å². The summed E-state index contributed by atoms with van der Waals surface area (Å²) in [6.07, 6.45) is 8.72. The van der Waals surface area contributed by atoms with E-state index in [1.165, 1.54) is 26.4 Å². The van der Waals surface area contributed by atoms with Gasteiger partial charge in [0, 0.05) is 11.3 Å². The van der Waals surface area contributed by atoms with E-state index in [4.69, 9.17) is 4.74 Å². The number of fused-ring (bicyclic) bond motifs is 3. The molecule has 4 aliphatic carbocycles. The first-order chi connectivity index (χ1) is 11.3. The van der Waals surface area contributed by atoms with Gasteiger partial charge >= 0.3 is 5.97 Å². The highest BCUT2D eigenvalue weighted by Gasteiger charge is 2.68. The van der Waals surface area contributed by atoms with Gasteiger partial charge in [-0.3, -0.25) is 9.59 Å². The standard InChI is InChI=1S/C21H32O3/c1-13-14-6-7-16-19(2)9-5-10-20(3,18(23)24-4)15(19)8-11-21(16,12-14)17(13)22/h13-16H,5-12H2,1-4H3/t13-,14+,15-,16-,19+,20-,21+/m1/s1. The minimum Gasteiger partial charge on any atom is -0.469 e. The van der Waals surface area contributed by atoms with Gasteiger partial charge in [0.05, 0.1) is 12.5 Å². The van der Waals surface area contributed by atoms with Gasteiger partial charge < -0.3 is 4.74 Å². The molecule has 0 N–H and O–H groups in total. The van der Waals surface area contributed by atoms with Crippen LogP contribution in [0.25, 0.3) is 0 Å². The van der Waals surface area contributed by atoms with Crippen LogP contribution in [0.1, 0.15) is 72.1 Å². The minimum absolute atomic E-state index is 0.0332. The Bertz CT molecular complexity index is 584. The van der Waals surface area contributed by atoms with Crippen molar-refractivity contribution in [3.63, 3.8) is 0 Å². The van der Waals surface area contributed by atoms with E-state index in [1.807, 2.05) is 0 Å². The number of ether oxygens (including phenoxy) is 1. The molecular weight excluding hydrogens is 300 g/mol. The Hall–Kier alpha value is -0.860. The molecule has 4 rings (SSSR count). The molecule has 3 nitrogen and oxygen atoms in total. The molecule has 0 aromatic heterocycles. The van der Waals surface area contributed by atoms with Gasteiger partial charge in [-0.2, -0.15) is 0 Å². The molecule has 3 heteroatoms. The van der Waals surface area contributed by atoms with Gasteiger partial charge in [-0.05, 0) is 75.0 Å². The molecule has 0 amide bonds. The topological polar surface area (TPSA) is 43.4 Å². The van der Waals surface area contributed by atoms with E-state index in [0.29, 0.717) is 23.5 Å². The first-order valence-corrected chi connectivity index (χ1v) is 9.92. The SMILES string of the molecule is COC(=O)[C@]1(C)CCC[C@@]2(C)[C@H]1CC[C@]13C[C@H](CC[C@@H]12)[C@@H](C)C3=O. The quantitative estimate of drug-likeness (QED) is 0.669. The van der Waals surface area contributed by atoms with E-state index < -0.39 is 0 Å². The van der Waals surface area contributed by atoms with Crippen molar-refractivity contribution in [3.8, 4) is 0 Å². The summed E-state index contributed by atoms with van der Waals surface area (Å²) in [5.74, 6) is 2.23. The summed E-state index contributed by atoms with van der Waals surface area (Å²) in [5.41, 5.74) is -0.320. The second-order valence-corrected chi connectivity index (χ2v) is 9.76. The molecule has 2 bridgehead atoms. The van der Waals surface area contributed by atoms with Crippen molar-refractivity contribution in [2.24, 2.45) is 39.9 Å². The summed E-state index contributed by atoms with van der Waals surface area (Å²) in [6.45, 7) is 6.70. The molecule has 4 aliphatic rings. The number of rotatable bonds is 1. The minimum atomic E-state index is -0.368. The fourth-order valence-corrected chi connectivity index (χ4v) is 7.95. The van der Waals surface area contributed by atoms with Crippen LogP contribution >= 0.6 is 0 Å². The number of esters is 1. The lowest BCUT2D eigenvalue weighted by atomic mass is 9.41. The van der Waals surface area contributed by atoms with Crippen LogP contribution in [0.3, 0.4) is 0 Å². The van der Waals surface area contributed by atoms with E-state index in [-0.39, 0.29) is 28.1 Å². The van der Waals surface area contributed by atoms with Crippen molar-refractivity contribution < 1.29 is 14.3 Å². The van der Waals surface area contributed by atoms with E-state index >= 15 is 0 Å². The van der Waals surface area contributed by atoms with Crippen LogP contribution in [0.2, 0.25) is 0 Å². The molecule has 4 saturated carbocycles. The van der Waals surface area contributed by atoms with E-state index in [0.717, 1.165) is 32.1 Å². The Kier molecular flexibility index (Phi) is 3.51. The highest BCUT2D eigenvalue weighted by atomic mass is 16.5. The molecule has 0 radical (unpaired) electrons. The number of hydrogen-bond donors (Lipinski definition) is 0. The summed E-state index contributed by atoms with van der Waals surface area (Å²) >= 11 is 0. The van der Waals surface area contributed by atoms with E-state index in [1.54, 1.807) is 0 Å². The molecule has 1 spiro atoms. The molecule has 4 fully saturated rings. The molecule has 0 unspecified atom stereocenters. The van der Waals surface area contributed by atoms with E-state index in [2.05, 4.69) is 20.8 Å². The zero-order chi connectivity index (χ0) is 17.3. The smallest absolute Gasteiger partial charge is 0.311 e. The second-order valence-electron chi connectivity index (χ2n) is 9.76. The monoisotopic (exact) mass is 332 g/mol. The molecule has 7 atom stereocenters. The predicted octanol–water partition coefficient (Wildman–Crippen LogP) is 4.39. The van der Waals surface area contributed by atoms with Crippen LogP contribution < -0.4 is 0 Å². The van der Waals surface area contributed by atoms with Crippen LogP contribution in [0.15, 0.2) is 0 Å². The first kappa shape index (κ1) is 16.6. The van der Waals surface area contributed by atoms with Gasteiger partial charge in [0.2, 0.25) is 0 Å². The van der Waals surface area contributed by atoms with Crippen molar-refractivity contribution >= 4 is 11.8 Å². The average molecular weight is 332 g/mol. The average Bonchev–Trinajstić information content (AvgIpc) is 2.74. The highest BCUT2D eigenvalue weighted by Crippen LogP contribution is 2.71. The van der Waals surface area contributed by atoms with Gasteiger partial charge in [-0.25, -0.2) is 0 Å². The molecule has 0 aliphatic heterocycles. The zero-order valence-electron chi connectivity index (χ0n) is 15.7. The maximum absolute atomic E-state index is 13.2. The van der Waals surface area contributed by atoms with Crippen LogP contribution in [-0.2, 0) is 14.3 Å². The third-order valence-electron chi connectivity index (χ3n) is 9.03. The van der Waals surface area contributed by atoms with E-state index in [9.17, 15) is 9.59 Å². The summed E-state index contributed by atoms with van der Waals surface area (Å²) in [5, 5.41) is 0. The number of ketones is 1. The molecule has 0 heterocycles. The lowest BCUT2D eigenvalue weighted by Gasteiger charge is -2.62. The first-order valence-electron chi connectivity index (χ1n) is 9.92. The summed E-state index contributed by atoms with van der Waals surface area (Å²) < 4.78 is 5.21. The summed E-state index contributed by atoms with van der Waals surface area (Å²) in [4.78, 5) is 25.9. The van der Waals surface area contributed by atoms with Gasteiger partial charge in [0.15, 0.2) is 0 Å². The van der Waals surface area contributed by atoms with Crippen LogP contribution in [0, 0.1) is 39.9 Å². The largest absolute Gasteiger partial charge is 0.469 e. The third kappa shape index (κ3) is 1.79. The summed E-state index contributed by atoms with van der Waals surface area (Å²) in [6, 6.07) is 0. The number of carbonyl (C=O) groups excluding carboxylic acids is 2. The molecule has 24 heavy (non-hydrogen) atoms. The maximum Gasteiger partial charge on any atom is 0.311 e. The number of hydrogen-bond acceptors (Lipinski definition) is 3. The van der Waals surface area contributed by atoms with Crippen molar-refractivity contribution in [1.29, 1.82) is 0 Å². The molecule has 134 valence electrons. The Morgan fingerprint density at radius 3 is 2.54 bits per heavy atom. The lowest BCUT2D eigenvalue weighted by Crippen LogP contribution is -2.59. The third-order valence-corrected chi connectivity index (χ3v) is 9.03. The Balaban J connectivity index is 1.76. The van der Waals surface area contributed by atoms with Crippen LogP contribution in [-0.4, -0.2) is 18.9 Å². The maximum atomic E-state index is 13.2. The molecule has 0 aromatic rings. The summed E-state index contributed by atoms with van der Waals surface area (Å²) in [7, 11) is 1.53. The zero-order valence-corrected chi connectivity index (χ0v) is 15.7. The fourth-order valence-electron chi connectivity index (χ4n) is 7.95. The number of Topliss-reactive ketones (excluding diaryl/α,β-unsaturated/α-hetero) is 1. The normalized spacial score (nSPS) is 53.2. The number of carbonyl (C=O) groups is 2. The highest BCUT2D eigenvalue weighted by molar-refractivity contribution is 5.90. The molecule has 0 aromatic carbocycles. The lowest BCUT2D eigenvalue weighted by molar-refractivity contribution is -0.185. The number of methoxy groups -OCH3 is 1. The van der Waals surface area contributed by atoms with Crippen LogP contribution in [0.4, 0.5) is 0 Å². The van der Waals surface area contributed by atoms with Gasteiger partial charge in [-0.1, -0.05) is 20.3 Å². The Morgan fingerprint density at radius 1 is 1.08 bits per heavy atom. The van der Waals surface area contributed by atoms with Crippen LogP contribution in [0.5, 0.6) is 0 Å². The van der Waals surface area contributed by atoms with Crippen molar-refractivity contribution in [1.82, 2.24) is 0 Å². The molecule has 0 saturated heterocycles. The molecular formula is C21H32O3. The van der Waals surface area contributed by atoms with Gasteiger partial charge in [0.25, 0.3) is 0 Å². The fraction of sp³-hybridized carbons (Fsp3) is 0.905. The Labute approximate surface area is 145 Å². The van der Waals surface area contributed by atoms with Gasteiger partial charge in [0.1, 0.15) is 5.78 Å².